The minimum atomic E-state index is -0.977. The van der Waals surface area contributed by atoms with Crippen molar-refractivity contribution in [1.82, 2.24) is 0 Å². The number of hydrogen-bond donors (Lipinski definition) is 2. The highest BCUT2D eigenvalue weighted by atomic mass is 16.6. The van der Waals surface area contributed by atoms with Gasteiger partial charge in [-0.2, -0.15) is 0 Å². The Bertz CT molecular complexity index is 188. The second-order valence-corrected chi connectivity index (χ2v) is 2.96. The van der Waals surface area contributed by atoms with Crippen LogP contribution in [0.25, 0.3) is 0 Å². The molecule has 0 aromatic heterocycles. The van der Waals surface area contributed by atoms with Gasteiger partial charge in [0.1, 0.15) is 12.6 Å². The Morgan fingerprint density at radius 3 is 2.69 bits per heavy atom. The Kier molecular flexibility index (Phi) is 5.88. The molecule has 1 unspecified atom stereocenters. The molecule has 0 radical (unpaired) electrons. The molecule has 0 aliphatic heterocycles. The highest BCUT2D eigenvalue weighted by Gasteiger charge is 2.09. The summed E-state index contributed by atoms with van der Waals surface area (Å²) >= 11 is 0. The minimum Gasteiger partial charge on any atom is -0.480 e. The zero-order chi connectivity index (χ0) is 10.3. The van der Waals surface area contributed by atoms with Crippen molar-refractivity contribution in [1.29, 1.82) is 0 Å². The summed E-state index contributed by atoms with van der Waals surface area (Å²) in [4.78, 5) is 15.1. The number of rotatable bonds is 6. The van der Waals surface area contributed by atoms with Gasteiger partial charge in [-0.15, -0.1) is 0 Å². The molecule has 0 aromatic carbocycles. The second-order valence-electron chi connectivity index (χ2n) is 2.96. The first-order valence-corrected chi connectivity index (χ1v) is 4.15. The summed E-state index contributed by atoms with van der Waals surface area (Å²) in [5, 5.41) is 12.1. The number of carboxylic acid groups (broad SMARTS) is 1. The molecule has 0 rings (SSSR count). The number of oxime groups is 1. The Balaban J connectivity index is 3.36. The SMILES string of the molecule is CC(C)=NOCCCC(N)C(=O)O. The van der Waals surface area contributed by atoms with Crippen LogP contribution in [0.1, 0.15) is 26.7 Å². The summed E-state index contributed by atoms with van der Waals surface area (Å²) in [5.41, 5.74) is 6.10. The van der Waals surface area contributed by atoms with Crippen LogP contribution in [-0.2, 0) is 9.63 Å². The van der Waals surface area contributed by atoms with Crippen LogP contribution in [0.15, 0.2) is 5.16 Å². The summed E-state index contributed by atoms with van der Waals surface area (Å²) < 4.78 is 0. The predicted molar refractivity (Wildman–Crippen MR) is 49.6 cm³/mol. The average molecular weight is 188 g/mol. The third-order valence-corrected chi connectivity index (χ3v) is 1.32. The molecular weight excluding hydrogens is 172 g/mol. The smallest absolute Gasteiger partial charge is 0.320 e. The summed E-state index contributed by atoms with van der Waals surface area (Å²) in [6, 6.07) is -0.796. The first kappa shape index (κ1) is 11.9. The van der Waals surface area contributed by atoms with E-state index in [-0.39, 0.29) is 0 Å². The maximum atomic E-state index is 10.3. The molecule has 0 spiro atoms. The lowest BCUT2D eigenvalue weighted by atomic mass is 10.2. The van der Waals surface area contributed by atoms with E-state index < -0.39 is 12.0 Å². The number of nitrogens with zero attached hydrogens (tertiary/aromatic N) is 1. The van der Waals surface area contributed by atoms with Crippen molar-refractivity contribution in [2.75, 3.05) is 6.61 Å². The van der Waals surface area contributed by atoms with Crippen molar-refractivity contribution in [3.8, 4) is 0 Å². The summed E-state index contributed by atoms with van der Waals surface area (Å²) in [6.45, 7) is 4.05. The molecule has 0 bridgehead atoms. The third kappa shape index (κ3) is 7.27. The first-order chi connectivity index (χ1) is 6.04. The van der Waals surface area contributed by atoms with Gasteiger partial charge in [-0.1, -0.05) is 5.16 Å². The van der Waals surface area contributed by atoms with Crippen molar-refractivity contribution in [3.05, 3.63) is 0 Å². The van der Waals surface area contributed by atoms with Crippen LogP contribution < -0.4 is 5.73 Å². The van der Waals surface area contributed by atoms with Gasteiger partial charge in [-0.25, -0.2) is 0 Å². The van der Waals surface area contributed by atoms with Gasteiger partial charge in [-0.3, -0.25) is 4.79 Å². The van der Waals surface area contributed by atoms with Crippen molar-refractivity contribution in [3.63, 3.8) is 0 Å². The van der Waals surface area contributed by atoms with Crippen molar-refractivity contribution in [2.24, 2.45) is 10.9 Å². The molecule has 0 aromatic rings. The van der Waals surface area contributed by atoms with Gasteiger partial charge in [0.25, 0.3) is 0 Å². The Labute approximate surface area is 77.6 Å². The highest BCUT2D eigenvalue weighted by molar-refractivity contribution is 5.78. The van der Waals surface area contributed by atoms with E-state index in [1.807, 2.05) is 13.8 Å². The molecule has 0 saturated carbocycles. The van der Waals surface area contributed by atoms with Gasteiger partial charge < -0.3 is 15.7 Å². The molecular formula is C8H16N2O3. The van der Waals surface area contributed by atoms with Gasteiger partial charge in [0, 0.05) is 0 Å². The van der Waals surface area contributed by atoms with E-state index in [0.29, 0.717) is 19.4 Å². The van der Waals surface area contributed by atoms with Gasteiger partial charge in [-0.05, 0) is 26.7 Å². The normalized spacial score (nSPS) is 11.9. The summed E-state index contributed by atoms with van der Waals surface area (Å²) in [5.74, 6) is -0.977. The Morgan fingerprint density at radius 2 is 2.23 bits per heavy atom. The molecule has 13 heavy (non-hydrogen) atoms. The van der Waals surface area contributed by atoms with Gasteiger partial charge in [0.05, 0.1) is 5.71 Å². The number of aliphatic carboxylic acids is 1. The van der Waals surface area contributed by atoms with Gasteiger partial charge in [0.15, 0.2) is 0 Å². The van der Waals surface area contributed by atoms with Crippen molar-refractivity contribution in [2.45, 2.75) is 32.7 Å². The lowest BCUT2D eigenvalue weighted by Crippen LogP contribution is -2.30. The first-order valence-electron chi connectivity index (χ1n) is 4.15. The number of nitrogens with two attached hydrogens (primary N) is 1. The van der Waals surface area contributed by atoms with E-state index in [0.717, 1.165) is 5.71 Å². The number of hydrogen-bond acceptors (Lipinski definition) is 4. The fourth-order valence-corrected chi connectivity index (χ4v) is 0.666. The van der Waals surface area contributed by atoms with Crippen LogP contribution in [-0.4, -0.2) is 29.4 Å². The fraction of sp³-hybridized carbons (Fsp3) is 0.750. The van der Waals surface area contributed by atoms with Crippen LogP contribution in [0.2, 0.25) is 0 Å². The van der Waals surface area contributed by atoms with Gasteiger partial charge in [0.2, 0.25) is 0 Å². The zero-order valence-electron chi connectivity index (χ0n) is 7.99. The van der Waals surface area contributed by atoms with Crippen molar-refractivity contribution >= 4 is 11.7 Å². The Morgan fingerprint density at radius 1 is 1.62 bits per heavy atom. The third-order valence-electron chi connectivity index (χ3n) is 1.32. The van der Waals surface area contributed by atoms with Crippen LogP contribution in [0, 0.1) is 0 Å². The topological polar surface area (TPSA) is 84.9 Å². The van der Waals surface area contributed by atoms with E-state index in [9.17, 15) is 4.79 Å². The lowest BCUT2D eigenvalue weighted by molar-refractivity contribution is -0.138. The lowest BCUT2D eigenvalue weighted by Gasteiger charge is -2.04. The molecule has 76 valence electrons. The summed E-state index contributed by atoms with van der Waals surface area (Å²) in [7, 11) is 0. The van der Waals surface area contributed by atoms with Gasteiger partial charge >= 0.3 is 5.97 Å². The molecule has 0 saturated heterocycles. The number of carbonyl (C=O) groups is 1. The molecule has 0 heterocycles. The predicted octanol–water partition coefficient (Wildman–Crippen LogP) is 0.591. The van der Waals surface area contributed by atoms with Crippen LogP contribution >= 0.6 is 0 Å². The van der Waals surface area contributed by atoms with Crippen LogP contribution in [0.4, 0.5) is 0 Å². The van der Waals surface area contributed by atoms with E-state index in [1.54, 1.807) is 0 Å². The fourth-order valence-electron chi connectivity index (χ4n) is 0.666. The molecule has 5 nitrogen and oxygen atoms in total. The minimum absolute atomic E-state index is 0.409. The summed E-state index contributed by atoms with van der Waals surface area (Å²) in [6.07, 6.45) is 1.01. The molecule has 3 N–H and O–H groups in total. The number of carboxylic acids is 1. The molecule has 0 amide bonds. The van der Waals surface area contributed by atoms with E-state index >= 15 is 0 Å². The largest absolute Gasteiger partial charge is 0.480 e. The van der Waals surface area contributed by atoms with Crippen LogP contribution in [0.3, 0.4) is 0 Å². The monoisotopic (exact) mass is 188 g/mol. The maximum absolute atomic E-state index is 10.3. The molecule has 1 atom stereocenters. The quantitative estimate of drug-likeness (QED) is 0.363. The van der Waals surface area contributed by atoms with E-state index in [2.05, 4.69) is 5.16 Å². The average Bonchev–Trinajstić information content (AvgIpc) is 2.02. The molecule has 5 heteroatoms. The Hall–Kier alpha value is -1.10. The standard InChI is InChI=1S/C8H16N2O3/c1-6(2)10-13-5-3-4-7(9)8(11)12/h7H,3-5,9H2,1-2H3,(H,11,12). The van der Waals surface area contributed by atoms with Crippen molar-refractivity contribution < 1.29 is 14.7 Å². The zero-order valence-corrected chi connectivity index (χ0v) is 7.99. The molecule has 0 aliphatic carbocycles. The molecule has 0 aliphatic rings. The highest BCUT2D eigenvalue weighted by Crippen LogP contribution is 1.95. The molecule has 0 fully saturated rings. The van der Waals surface area contributed by atoms with Crippen LogP contribution in [0.5, 0.6) is 0 Å². The second kappa shape index (κ2) is 6.42. The van der Waals surface area contributed by atoms with E-state index in [1.165, 1.54) is 0 Å². The maximum Gasteiger partial charge on any atom is 0.320 e. The van der Waals surface area contributed by atoms with E-state index in [4.69, 9.17) is 15.7 Å².